The molecule has 0 aliphatic carbocycles. The summed E-state index contributed by atoms with van der Waals surface area (Å²) in [7, 11) is 0. The topological polar surface area (TPSA) is 75.6 Å². The largest absolute Gasteiger partial charge is 0.481 e. The number of hydrogen-bond donors (Lipinski definition) is 2. The normalized spacial score (nSPS) is 33.1. The van der Waals surface area contributed by atoms with Crippen molar-refractivity contribution in [3.05, 3.63) is 41.4 Å². The molecule has 1 fully saturated rings. The number of anilines is 1. The predicted molar refractivity (Wildman–Crippen MR) is 77.1 cm³/mol. The molecule has 4 atom stereocenters. The van der Waals surface area contributed by atoms with Crippen LogP contribution in [0.4, 0.5) is 5.69 Å². The van der Waals surface area contributed by atoms with E-state index in [4.69, 9.17) is 16.3 Å². The number of benzene rings is 1. The Bertz CT molecular complexity index is 644. The van der Waals surface area contributed by atoms with Crippen LogP contribution in [-0.4, -0.2) is 28.7 Å². The lowest BCUT2D eigenvalue weighted by molar-refractivity contribution is -0.146. The standard InChI is InChI=1S/C15H14ClNO4/c1-15-7-6-10(21-15)11(14(19)20)12(15)13(18)17-9-5-3-2-4-8(9)16/h2-7,10-12H,1H3,(H,17,18)(H,19,20)/t10-,11-,12-,15+/m1/s1. The molecule has 1 amide bonds. The second kappa shape index (κ2) is 4.86. The van der Waals surface area contributed by atoms with Crippen LogP contribution < -0.4 is 5.32 Å². The van der Waals surface area contributed by atoms with Crippen molar-refractivity contribution in [3.63, 3.8) is 0 Å². The predicted octanol–water partition coefficient (Wildman–Crippen LogP) is 2.32. The van der Waals surface area contributed by atoms with Crippen LogP contribution in [0.15, 0.2) is 36.4 Å². The van der Waals surface area contributed by atoms with E-state index in [1.807, 2.05) is 0 Å². The van der Waals surface area contributed by atoms with E-state index >= 15 is 0 Å². The molecular formula is C15H14ClNO4. The number of carboxylic acid groups (broad SMARTS) is 1. The lowest BCUT2D eigenvalue weighted by atomic mass is 9.75. The van der Waals surface area contributed by atoms with Crippen molar-refractivity contribution >= 4 is 29.2 Å². The zero-order chi connectivity index (χ0) is 15.2. The van der Waals surface area contributed by atoms with Gasteiger partial charge in [-0.2, -0.15) is 0 Å². The number of amides is 1. The van der Waals surface area contributed by atoms with E-state index in [0.29, 0.717) is 10.7 Å². The van der Waals surface area contributed by atoms with E-state index in [2.05, 4.69) is 5.32 Å². The second-order valence-corrected chi connectivity index (χ2v) is 5.84. The third-order valence-corrected chi connectivity index (χ3v) is 4.37. The van der Waals surface area contributed by atoms with E-state index < -0.39 is 35.4 Å². The minimum atomic E-state index is -1.03. The van der Waals surface area contributed by atoms with Gasteiger partial charge >= 0.3 is 5.97 Å². The molecule has 1 aromatic carbocycles. The van der Waals surface area contributed by atoms with Crippen molar-refractivity contribution in [3.8, 4) is 0 Å². The third kappa shape index (κ3) is 2.22. The fourth-order valence-electron chi connectivity index (χ4n) is 3.05. The molecule has 1 saturated heterocycles. The van der Waals surface area contributed by atoms with Crippen LogP contribution in [0.1, 0.15) is 6.92 Å². The summed E-state index contributed by atoms with van der Waals surface area (Å²) in [4.78, 5) is 24.0. The number of hydrogen-bond acceptors (Lipinski definition) is 3. The first-order chi connectivity index (χ1) is 9.92. The van der Waals surface area contributed by atoms with Gasteiger partial charge in [-0.15, -0.1) is 0 Å². The molecule has 110 valence electrons. The zero-order valence-corrected chi connectivity index (χ0v) is 12.0. The van der Waals surface area contributed by atoms with Gasteiger partial charge in [-0.25, -0.2) is 0 Å². The summed E-state index contributed by atoms with van der Waals surface area (Å²) in [6, 6.07) is 6.82. The van der Waals surface area contributed by atoms with Gasteiger partial charge in [0.05, 0.1) is 28.3 Å². The molecule has 0 radical (unpaired) electrons. The molecule has 2 N–H and O–H groups in total. The van der Waals surface area contributed by atoms with Gasteiger partial charge in [0.1, 0.15) is 5.92 Å². The molecule has 6 heteroatoms. The Kier molecular flexibility index (Phi) is 3.26. The van der Waals surface area contributed by atoms with Crippen molar-refractivity contribution in [2.45, 2.75) is 18.6 Å². The van der Waals surface area contributed by atoms with Crippen LogP contribution in [0.3, 0.4) is 0 Å². The lowest BCUT2D eigenvalue weighted by Gasteiger charge is -2.27. The van der Waals surface area contributed by atoms with E-state index in [9.17, 15) is 14.7 Å². The maximum Gasteiger partial charge on any atom is 0.310 e. The number of rotatable bonds is 3. The highest BCUT2D eigenvalue weighted by molar-refractivity contribution is 6.33. The van der Waals surface area contributed by atoms with Crippen LogP contribution in [0.5, 0.6) is 0 Å². The van der Waals surface area contributed by atoms with Gasteiger partial charge in [0.15, 0.2) is 0 Å². The average Bonchev–Trinajstić information content (AvgIpc) is 2.94. The number of aliphatic carboxylic acids is 1. The van der Waals surface area contributed by atoms with Gasteiger partial charge in [-0.3, -0.25) is 9.59 Å². The molecule has 21 heavy (non-hydrogen) atoms. The van der Waals surface area contributed by atoms with E-state index in [0.717, 1.165) is 0 Å². The van der Waals surface area contributed by atoms with Crippen LogP contribution in [-0.2, 0) is 14.3 Å². The Labute approximate surface area is 126 Å². The van der Waals surface area contributed by atoms with Gasteiger partial charge in [0.25, 0.3) is 0 Å². The maximum absolute atomic E-state index is 12.5. The van der Waals surface area contributed by atoms with E-state index in [1.165, 1.54) is 0 Å². The molecule has 1 aromatic rings. The summed E-state index contributed by atoms with van der Waals surface area (Å²) in [5.41, 5.74) is -0.428. The molecule has 3 rings (SSSR count). The molecule has 2 aliphatic heterocycles. The molecule has 0 unspecified atom stereocenters. The fourth-order valence-corrected chi connectivity index (χ4v) is 3.24. The van der Waals surface area contributed by atoms with Gasteiger partial charge in [-0.1, -0.05) is 35.9 Å². The minimum Gasteiger partial charge on any atom is -0.481 e. The van der Waals surface area contributed by atoms with Gasteiger partial charge in [-0.05, 0) is 19.1 Å². The maximum atomic E-state index is 12.5. The smallest absolute Gasteiger partial charge is 0.310 e. The monoisotopic (exact) mass is 307 g/mol. The first kappa shape index (κ1) is 14.1. The summed E-state index contributed by atoms with van der Waals surface area (Å²) >= 11 is 6.01. The van der Waals surface area contributed by atoms with Crippen molar-refractivity contribution in [2.24, 2.45) is 11.8 Å². The second-order valence-electron chi connectivity index (χ2n) is 5.44. The number of ether oxygens (including phenoxy) is 1. The van der Waals surface area contributed by atoms with Gasteiger partial charge in [0, 0.05) is 0 Å². The Morgan fingerprint density at radius 3 is 2.76 bits per heavy atom. The summed E-state index contributed by atoms with van der Waals surface area (Å²) in [6.07, 6.45) is 2.90. The number of carbonyl (C=O) groups is 2. The molecule has 5 nitrogen and oxygen atoms in total. The Morgan fingerprint density at radius 1 is 1.38 bits per heavy atom. The first-order valence-electron chi connectivity index (χ1n) is 6.58. The molecule has 2 bridgehead atoms. The zero-order valence-electron chi connectivity index (χ0n) is 11.2. The minimum absolute atomic E-state index is 0.398. The highest BCUT2D eigenvalue weighted by atomic mass is 35.5. The highest BCUT2D eigenvalue weighted by Gasteiger charge is 2.59. The van der Waals surface area contributed by atoms with Crippen LogP contribution in [0.2, 0.25) is 5.02 Å². The van der Waals surface area contributed by atoms with Crippen molar-refractivity contribution in [1.82, 2.24) is 0 Å². The number of fused-ring (bicyclic) bond motifs is 2. The number of halogens is 1. The summed E-state index contributed by atoms with van der Waals surface area (Å²) in [6.45, 7) is 1.73. The molecule has 0 aromatic heterocycles. The highest BCUT2D eigenvalue weighted by Crippen LogP contribution is 2.47. The van der Waals surface area contributed by atoms with Crippen LogP contribution in [0.25, 0.3) is 0 Å². The molecule has 2 heterocycles. The summed E-state index contributed by atoms with van der Waals surface area (Å²) in [5, 5.41) is 12.5. The van der Waals surface area contributed by atoms with Crippen LogP contribution in [0, 0.1) is 11.8 Å². The van der Waals surface area contributed by atoms with Crippen molar-refractivity contribution < 1.29 is 19.4 Å². The Hall–Kier alpha value is -1.85. The van der Waals surface area contributed by atoms with Crippen molar-refractivity contribution in [2.75, 3.05) is 5.32 Å². The van der Waals surface area contributed by atoms with E-state index in [-0.39, 0.29) is 0 Å². The Balaban J connectivity index is 1.88. The molecular weight excluding hydrogens is 294 g/mol. The average molecular weight is 308 g/mol. The van der Waals surface area contributed by atoms with Gasteiger partial charge in [0.2, 0.25) is 5.91 Å². The third-order valence-electron chi connectivity index (χ3n) is 4.04. The molecule has 0 saturated carbocycles. The quantitative estimate of drug-likeness (QED) is 0.840. The van der Waals surface area contributed by atoms with E-state index in [1.54, 1.807) is 43.3 Å². The van der Waals surface area contributed by atoms with Crippen LogP contribution >= 0.6 is 11.6 Å². The molecule has 0 spiro atoms. The van der Waals surface area contributed by atoms with Gasteiger partial charge < -0.3 is 15.2 Å². The number of carboxylic acids is 1. The Morgan fingerprint density at radius 2 is 2.10 bits per heavy atom. The number of nitrogens with one attached hydrogen (secondary N) is 1. The lowest BCUT2D eigenvalue weighted by Crippen LogP contribution is -2.44. The number of carbonyl (C=O) groups excluding carboxylic acids is 1. The molecule has 2 aliphatic rings. The fraction of sp³-hybridized carbons (Fsp3) is 0.333. The summed E-state index contributed by atoms with van der Waals surface area (Å²) < 4.78 is 5.65. The summed E-state index contributed by atoms with van der Waals surface area (Å²) in [5.74, 6) is -3.11. The number of para-hydroxylation sites is 1. The SMILES string of the molecule is C[C@@]12C=C[C@@H](O1)[C@@H](C(=O)O)[C@@H]2C(=O)Nc1ccccc1Cl. The first-order valence-corrected chi connectivity index (χ1v) is 6.95. The van der Waals surface area contributed by atoms with Crippen molar-refractivity contribution in [1.29, 1.82) is 0 Å².